The Morgan fingerprint density at radius 2 is 1.57 bits per heavy atom. The first kappa shape index (κ1) is 16.2. The Balaban J connectivity index is 2.64. The molecule has 0 spiro atoms. The molecule has 0 aromatic heterocycles. The Kier molecular flexibility index (Phi) is 4.84. The third-order valence-corrected chi connectivity index (χ3v) is 4.92. The van der Waals surface area contributed by atoms with E-state index in [0.29, 0.717) is 4.47 Å². The average Bonchev–Trinajstić information content (AvgIpc) is 2.44. The minimum atomic E-state index is -0.229. The average molecular weight is 350 g/mol. The van der Waals surface area contributed by atoms with Crippen LogP contribution in [0.15, 0.2) is 28.7 Å². The predicted molar refractivity (Wildman–Crippen MR) is 90.4 cm³/mol. The monoisotopic (exact) mass is 349 g/mol. The van der Waals surface area contributed by atoms with Crippen LogP contribution in [0.5, 0.6) is 0 Å². The van der Waals surface area contributed by atoms with E-state index in [2.05, 4.69) is 55.0 Å². The number of aryl methyl sites for hydroxylation is 2. The van der Waals surface area contributed by atoms with E-state index in [4.69, 9.17) is 0 Å². The van der Waals surface area contributed by atoms with Gasteiger partial charge in [-0.3, -0.25) is 0 Å². The third kappa shape index (κ3) is 3.04. The van der Waals surface area contributed by atoms with Gasteiger partial charge in [0.2, 0.25) is 0 Å². The van der Waals surface area contributed by atoms with Crippen LogP contribution in [0, 0.1) is 33.5 Å². The quantitative estimate of drug-likeness (QED) is 0.809. The summed E-state index contributed by atoms with van der Waals surface area (Å²) in [6.07, 6.45) is 0. The molecule has 112 valence electrons. The molecule has 1 atom stereocenters. The summed E-state index contributed by atoms with van der Waals surface area (Å²) in [6.45, 7) is 8.52. The second-order valence-electron chi connectivity index (χ2n) is 5.57. The Bertz CT molecular complexity index is 653. The van der Waals surface area contributed by atoms with Gasteiger partial charge >= 0.3 is 0 Å². The van der Waals surface area contributed by atoms with E-state index >= 15 is 0 Å². The lowest BCUT2D eigenvalue weighted by Crippen LogP contribution is -2.21. The molecule has 1 nitrogen and oxygen atoms in total. The van der Waals surface area contributed by atoms with Crippen LogP contribution in [0.1, 0.15) is 39.4 Å². The van der Waals surface area contributed by atoms with Gasteiger partial charge in [0.25, 0.3) is 0 Å². The van der Waals surface area contributed by atoms with Gasteiger partial charge in [0, 0.05) is 0 Å². The molecule has 1 unspecified atom stereocenters. The van der Waals surface area contributed by atoms with E-state index in [1.807, 2.05) is 13.1 Å². The molecule has 21 heavy (non-hydrogen) atoms. The third-order valence-electron chi connectivity index (χ3n) is 4.28. The number of benzene rings is 2. The Labute approximate surface area is 134 Å². The van der Waals surface area contributed by atoms with Gasteiger partial charge in [-0.1, -0.05) is 12.1 Å². The number of nitrogens with one attached hydrogen (secondary N) is 1. The Morgan fingerprint density at radius 3 is 2.05 bits per heavy atom. The maximum atomic E-state index is 13.9. The summed E-state index contributed by atoms with van der Waals surface area (Å²) in [5, 5.41) is 3.34. The van der Waals surface area contributed by atoms with E-state index in [-0.39, 0.29) is 11.9 Å². The standard InChI is InChI=1S/C18H21BrFN/c1-10-8-11(2)13(4)17(12(10)3)18(21-5)14-6-7-15(19)16(20)9-14/h6-9,18,21H,1-5H3. The molecule has 0 aliphatic carbocycles. The smallest absolute Gasteiger partial charge is 0.137 e. The maximum Gasteiger partial charge on any atom is 0.137 e. The highest BCUT2D eigenvalue weighted by Crippen LogP contribution is 2.32. The van der Waals surface area contributed by atoms with Gasteiger partial charge in [-0.2, -0.15) is 0 Å². The summed E-state index contributed by atoms with van der Waals surface area (Å²) >= 11 is 3.21. The van der Waals surface area contributed by atoms with Gasteiger partial charge in [0.15, 0.2) is 0 Å². The summed E-state index contributed by atoms with van der Waals surface area (Å²) in [5.74, 6) is -0.229. The van der Waals surface area contributed by atoms with E-state index in [1.54, 1.807) is 12.1 Å². The molecular weight excluding hydrogens is 329 g/mol. The highest BCUT2D eigenvalue weighted by molar-refractivity contribution is 9.10. The van der Waals surface area contributed by atoms with Crippen molar-refractivity contribution in [3.63, 3.8) is 0 Å². The minimum absolute atomic E-state index is 0.00815. The minimum Gasteiger partial charge on any atom is -0.309 e. The van der Waals surface area contributed by atoms with Crippen LogP contribution < -0.4 is 5.32 Å². The van der Waals surface area contributed by atoms with Gasteiger partial charge in [0.1, 0.15) is 5.82 Å². The fraction of sp³-hybridized carbons (Fsp3) is 0.333. The van der Waals surface area contributed by atoms with Crippen molar-refractivity contribution in [3.05, 3.63) is 67.9 Å². The van der Waals surface area contributed by atoms with E-state index in [1.165, 1.54) is 27.8 Å². The normalized spacial score (nSPS) is 12.5. The zero-order valence-electron chi connectivity index (χ0n) is 13.1. The fourth-order valence-corrected chi connectivity index (χ4v) is 3.10. The molecule has 2 aromatic carbocycles. The van der Waals surface area contributed by atoms with Crippen molar-refractivity contribution in [2.75, 3.05) is 7.05 Å². The van der Waals surface area contributed by atoms with Crippen molar-refractivity contribution in [2.24, 2.45) is 0 Å². The first-order chi connectivity index (χ1) is 9.86. The van der Waals surface area contributed by atoms with Gasteiger partial charge < -0.3 is 5.32 Å². The Hall–Kier alpha value is -1.19. The van der Waals surface area contributed by atoms with Crippen LogP contribution in [0.25, 0.3) is 0 Å². The lowest BCUT2D eigenvalue weighted by Gasteiger charge is -2.24. The van der Waals surface area contributed by atoms with E-state index in [0.717, 1.165) is 5.56 Å². The van der Waals surface area contributed by atoms with E-state index < -0.39 is 0 Å². The highest BCUT2D eigenvalue weighted by atomic mass is 79.9. The van der Waals surface area contributed by atoms with Crippen molar-refractivity contribution >= 4 is 15.9 Å². The van der Waals surface area contributed by atoms with Crippen molar-refractivity contribution < 1.29 is 4.39 Å². The lowest BCUT2D eigenvalue weighted by atomic mass is 9.87. The number of halogens is 2. The topological polar surface area (TPSA) is 12.0 Å². The predicted octanol–water partition coefficient (Wildman–Crippen LogP) is 5.13. The van der Waals surface area contributed by atoms with Crippen molar-refractivity contribution in [1.29, 1.82) is 0 Å². The van der Waals surface area contributed by atoms with Crippen LogP contribution in [-0.2, 0) is 0 Å². The van der Waals surface area contributed by atoms with Crippen LogP contribution in [0.2, 0.25) is 0 Å². The largest absolute Gasteiger partial charge is 0.309 e. The molecular formula is C18H21BrFN. The molecule has 0 bridgehead atoms. The molecule has 2 aromatic rings. The first-order valence-corrected chi connectivity index (χ1v) is 7.85. The summed E-state index contributed by atoms with van der Waals surface area (Å²) < 4.78 is 14.4. The Morgan fingerprint density at radius 1 is 1.00 bits per heavy atom. The molecule has 0 fully saturated rings. The van der Waals surface area contributed by atoms with Crippen LogP contribution >= 0.6 is 15.9 Å². The highest BCUT2D eigenvalue weighted by Gasteiger charge is 2.20. The fourth-order valence-electron chi connectivity index (χ4n) is 2.85. The molecule has 1 N–H and O–H groups in total. The zero-order chi connectivity index (χ0) is 15.7. The van der Waals surface area contributed by atoms with E-state index in [9.17, 15) is 4.39 Å². The second-order valence-corrected chi connectivity index (χ2v) is 6.42. The molecule has 3 heteroatoms. The van der Waals surface area contributed by atoms with Gasteiger partial charge in [-0.15, -0.1) is 0 Å². The summed E-state index contributed by atoms with van der Waals surface area (Å²) in [6, 6.07) is 7.53. The SMILES string of the molecule is CNC(c1ccc(Br)c(F)c1)c1c(C)c(C)cc(C)c1C. The van der Waals surface area contributed by atoms with Gasteiger partial charge in [-0.05, 0) is 96.2 Å². The number of hydrogen-bond acceptors (Lipinski definition) is 1. The number of hydrogen-bond donors (Lipinski definition) is 1. The maximum absolute atomic E-state index is 13.9. The van der Waals surface area contributed by atoms with Crippen molar-refractivity contribution in [2.45, 2.75) is 33.7 Å². The lowest BCUT2D eigenvalue weighted by molar-refractivity contribution is 0.609. The first-order valence-electron chi connectivity index (χ1n) is 7.06. The molecule has 0 heterocycles. The summed E-state index contributed by atoms with van der Waals surface area (Å²) in [7, 11) is 1.92. The molecule has 0 saturated heterocycles. The van der Waals surface area contributed by atoms with Crippen molar-refractivity contribution in [1.82, 2.24) is 5.32 Å². The summed E-state index contributed by atoms with van der Waals surface area (Å²) in [5.41, 5.74) is 7.25. The van der Waals surface area contributed by atoms with Crippen molar-refractivity contribution in [3.8, 4) is 0 Å². The molecule has 0 radical (unpaired) electrons. The second kappa shape index (κ2) is 6.29. The molecule has 2 rings (SSSR count). The van der Waals surface area contributed by atoms with Crippen LogP contribution in [-0.4, -0.2) is 7.05 Å². The van der Waals surface area contributed by atoms with Gasteiger partial charge in [0.05, 0.1) is 10.5 Å². The molecule has 0 aliphatic rings. The zero-order valence-corrected chi connectivity index (χ0v) is 14.7. The molecule has 0 saturated carbocycles. The molecule has 0 aliphatic heterocycles. The number of rotatable bonds is 3. The van der Waals surface area contributed by atoms with Crippen LogP contribution in [0.4, 0.5) is 4.39 Å². The summed E-state index contributed by atoms with van der Waals surface area (Å²) in [4.78, 5) is 0. The van der Waals surface area contributed by atoms with Crippen LogP contribution in [0.3, 0.4) is 0 Å². The van der Waals surface area contributed by atoms with Gasteiger partial charge in [-0.25, -0.2) is 4.39 Å². The molecule has 0 amide bonds.